The van der Waals surface area contributed by atoms with Gasteiger partial charge < -0.3 is 0 Å². The Morgan fingerprint density at radius 2 is 0.558 bits per heavy atom. The minimum absolute atomic E-state index is 0.782. The third-order valence-electron chi connectivity index (χ3n) is 9.11. The SMILES string of the molecule is CCCCCCCCCCCCCCCCCCS(C)(CCCCCCCCCCCCCCCCCC)OS(=O)(=O)O. The van der Waals surface area contributed by atoms with Gasteiger partial charge >= 0.3 is 10.4 Å². The van der Waals surface area contributed by atoms with Gasteiger partial charge in [0.05, 0.1) is 0 Å². The van der Waals surface area contributed by atoms with Crippen molar-refractivity contribution in [1.29, 1.82) is 0 Å². The second kappa shape index (κ2) is 32.2. The zero-order chi connectivity index (χ0) is 31.7. The normalized spacial score (nSPS) is 12.7. The zero-order valence-electron chi connectivity index (χ0n) is 29.5. The maximum atomic E-state index is 11.5. The molecule has 0 aliphatic rings. The van der Waals surface area contributed by atoms with Crippen molar-refractivity contribution in [3.63, 3.8) is 0 Å². The number of hydrogen-bond donors (Lipinski definition) is 1. The second-order valence-corrected chi connectivity index (χ2v) is 18.3. The molecule has 43 heavy (non-hydrogen) atoms. The predicted octanol–water partition coefficient (Wildman–Crippen LogP) is 13.7. The molecule has 0 aliphatic heterocycles. The van der Waals surface area contributed by atoms with E-state index in [1.165, 1.54) is 180 Å². The van der Waals surface area contributed by atoms with E-state index in [9.17, 15) is 13.0 Å². The Balaban J connectivity index is 3.72. The van der Waals surface area contributed by atoms with Crippen LogP contribution in [0.5, 0.6) is 0 Å². The Morgan fingerprint density at radius 1 is 0.372 bits per heavy atom. The summed E-state index contributed by atoms with van der Waals surface area (Å²) < 4.78 is 37.8. The Labute approximate surface area is 273 Å². The number of rotatable bonds is 36. The lowest BCUT2D eigenvalue weighted by molar-refractivity contribution is 0.401. The van der Waals surface area contributed by atoms with Crippen molar-refractivity contribution in [2.75, 3.05) is 17.8 Å². The van der Waals surface area contributed by atoms with E-state index in [1.807, 2.05) is 6.26 Å². The largest absolute Gasteiger partial charge is 0.406 e. The molecule has 0 aromatic heterocycles. The van der Waals surface area contributed by atoms with Crippen LogP contribution in [0.4, 0.5) is 0 Å². The molecule has 0 rings (SSSR count). The Bertz CT molecular complexity index is 617. The Morgan fingerprint density at radius 3 is 0.744 bits per heavy atom. The van der Waals surface area contributed by atoms with Gasteiger partial charge in [-0.2, -0.15) is 12.0 Å². The molecule has 4 nitrogen and oxygen atoms in total. The monoisotopic (exact) mass is 651 g/mol. The molecule has 0 saturated heterocycles. The molecule has 0 aliphatic carbocycles. The van der Waals surface area contributed by atoms with Gasteiger partial charge in [0.2, 0.25) is 0 Å². The van der Waals surface area contributed by atoms with Gasteiger partial charge in [-0.1, -0.05) is 206 Å². The average molecular weight is 651 g/mol. The van der Waals surface area contributed by atoms with E-state index >= 15 is 0 Å². The molecule has 262 valence electrons. The molecule has 6 heteroatoms. The van der Waals surface area contributed by atoms with Crippen LogP contribution in [-0.2, 0) is 14.0 Å². The number of unbranched alkanes of at least 4 members (excludes halogenated alkanes) is 30. The first-order chi connectivity index (χ1) is 20.8. The summed E-state index contributed by atoms with van der Waals surface area (Å²) in [6.07, 6.45) is 44.6. The third kappa shape index (κ3) is 34.9. The fourth-order valence-electron chi connectivity index (χ4n) is 6.29. The Kier molecular flexibility index (Phi) is 32.3. The molecule has 0 fully saturated rings. The molecule has 0 radical (unpaired) electrons. The van der Waals surface area contributed by atoms with E-state index in [1.54, 1.807) is 0 Å². The van der Waals surface area contributed by atoms with Crippen LogP contribution in [-0.4, -0.2) is 30.7 Å². The fraction of sp³-hybridized carbons (Fsp3) is 1.00. The minimum atomic E-state index is -4.39. The quantitative estimate of drug-likeness (QED) is 0.0541. The van der Waals surface area contributed by atoms with Crippen molar-refractivity contribution in [3.05, 3.63) is 0 Å². The molecular weight excluding hydrogens is 573 g/mol. The van der Waals surface area contributed by atoms with Crippen LogP contribution in [0.2, 0.25) is 0 Å². The van der Waals surface area contributed by atoms with Crippen LogP contribution in [0.3, 0.4) is 0 Å². The molecule has 0 amide bonds. The summed E-state index contributed by atoms with van der Waals surface area (Å²) in [6, 6.07) is 0. The predicted molar refractivity (Wildman–Crippen MR) is 195 cm³/mol. The van der Waals surface area contributed by atoms with Gasteiger partial charge in [-0.05, 0) is 19.1 Å². The van der Waals surface area contributed by atoms with Gasteiger partial charge in [-0.15, -0.1) is 10.3 Å². The van der Waals surface area contributed by atoms with E-state index in [0.29, 0.717) is 0 Å². The number of hydrogen-bond acceptors (Lipinski definition) is 3. The lowest BCUT2D eigenvalue weighted by atomic mass is 10.0. The highest BCUT2D eigenvalue weighted by Crippen LogP contribution is 2.48. The summed E-state index contributed by atoms with van der Waals surface area (Å²) >= 11 is 0. The lowest BCUT2D eigenvalue weighted by Crippen LogP contribution is -2.16. The molecule has 0 atom stereocenters. The van der Waals surface area contributed by atoms with Crippen molar-refractivity contribution in [2.24, 2.45) is 0 Å². The van der Waals surface area contributed by atoms with Crippen LogP contribution < -0.4 is 0 Å². The van der Waals surface area contributed by atoms with Crippen LogP contribution >= 0.6 is 10.3 Å². The standard InChI is InChI=1S/C37H78O4S2/c1-4-6-8-10-12-14-16-18-20-22-24-26-28-30-32-34-36-42(3,41-43(38,39)40)37-35-33-31-29-27-25-23-21-19-17-15-13-11-9-7-5-2/h4-37H2,1-3H3,(H,38,39,40). The highest BCUT2D eigenvalue weighted by molar-refractivity contribution is 8.32. The highest BCUT2D eigenvalue weighted by atomic mass is 32.3. The first kappa shape index (κ1) is 43.2. The van der Waals surface area contributed by atoms with Gasteiger partial charge in [0.25, 0.3) is 0 Å². The summed E-state index contributed by atoms with van der Waals surface area (Å²) in [6.45, 7) is 4.56. The average Bonchev–Trinajstić information content (AvgIpc) is 2.96. The van der Waals surface area contributed by atoms with Crippen molar-refractivity contribution in [1.82, 2.24) is 0 Å². The summed E-state index contributed by atoms with van der Waals surface area (Å²) in [5, 5.41) is 0. The van der Waals surface area contributed by atoms with Gasteiger partial charge in [-0.25, -0.2) is 0 Å². The summed E-state index contributed by atoms with van der Waals surface area (Å²) in [5.41, 5.74) is 0. The maximum absolute atomic E-state index is 11.5. The minimum Gasteiger partial charge on any atom is -0.263 e. The molecule has 1 N–H and O–H groups in total. The van der Waals surface area contributed by atoms with Crippen molar-refractivity contribution >= 4 is 20.7 Å². The van der Waals surface area contributed by atoms with Crippen LogP contribution in [0.1, 0.15) is 219 Å². The summed E-state index contributed by atoms with van der Waals surface area (Å²) in [5.74, 6) is 1.56. The third-order valence-corrected chi connectivity index (χ3v) is 13.4. The molecular formula is C37H78O4S2. The maximum Gasteiger partial charge on any atom is 0.406 e. The van der Waals surface area contributed by atoms with Crippen LogP contribution in [0.15, 0.2) is 0 Å². The van der Waals surface area contributed by atoms with E-state index in [0.717, 1.165) is 37.2 Å². The zero-order valence-corrected chi connectivity index (χ0v) is 31.2. The highest BCUT2D eigenvalue weighted by Gasteiger charge is 2.25. The van der Waals surface area contributed by atoms with Gasteiger partial charge in [0.15, 0.2) is 0 Å². The molecule has 0 saturated carbocycles. The second-order valence-electron chi connectivity index (χ2n) is 13.7. The van der Waals surface area contributed by atoms with Crippen LogP contribution in [0.25, 0.3) is 0 Å². The first-order valence-corrected chi connectivity index (χ1v) is 22.9. The molecule has 0 aromatic rings. The van der Waals surface area contributed by atoms with Gasteiger partial charge in [0, 0.05) is 11.5 Å². The van der Waals surface area contributed by atoms with E-state index in [-0.39, 0.29) is 0 Å². The molecule has 0 unspecified atom stereocenters. The summed E-state index contributed by atoms with van der Waals surface area (Å²) in [4.78, 5) is 0. The first-order valence-electron chi connectivity index (χ1n) is 19.2. The fourth-order valence-corrected chi connectivity index (χ4v) is 10.3. The van der Waals surface area contributed by atoms with E-state index in [4.69, 9.17) is 3.63 Å². The van der Waals surface area contributed by atoms with Crippen LogP contribution in [0, 0.1) is 0 Å². The topological polar surface area (TPSA) is 63.6 Å². The van der Waals surface area contributed by atoms with Crippen molar-refractivity contribution in [2.45, 2.75) is 219 Å². The summed E-state index contributed by atoms with van der Waals surface area (Å²) in [7, 11) is -6.16. The van der Waals surface area contributed by atoms with Gasteiger partial charge in [0.1, 0.15) is 0 Å². The van der Waals surface area contributed by atoms with E-state index in [2.05, 4.69) is 13.8 Å². The smallest absolute Gasteiger partial charge is 0.263 e. The van der Waals surface area contributed by atoms with E-state index < -0.39 is 20.7 Å². The molecule has 0 aromatic carbocycles. The molecule has 0 heterocycles. The molecule has 0 spiro atoms. The lowest BCUT2D eigenvalue weighted by Gasteiger charge is -2.33. The molecule has 0 bridgehead atoms. The van der Waals surface area contributed by atoms with Gasteiger partial charge in [-0.3, -0.25) is 4.55 Å². The van der Waals surface area contributed by atoms with Crippen molar-refractivity contribution < 1.29 is 16.6 Å². The Hall–Kier alpha value is 0.220. The van der Waals surface area contributed by atoms with Crippen molar-refractivity contribution in [3.8, 4) is 0 Å².